The topological polar surface area (TPSA) is 96.2 Å². The lowest BCUT2D eigenvalue weighted by molar-refractivity contribution is 0.205. The van der Waals surface area contributed by atoms with Crippen molar-refractivity contribution >= 4 is 11.9 Å². The van der Waals surface area contributed by atoms with Crippen molar-refractivity contribution in [2.45, 2.75) is 13.3 Å². The van der Waals surface area contributed by atoms with Gasteiger partial charge in [-0.1, -0.05) is 0 Å². The molecular weight excluding hydrogens is 260 g/mol. The summed E-state index contributed by atoms with van der Waals surface area (Å²) in [5.74, 6) is 0.901. The van der Waals surface area contributed by atoms with Crippen molar-refractivity contribution in [2.24, 2.45) is 0 Å². The van der Waals surface area contributed by atoms with Gasteiger partial charge in [-0.15, -0.1) is 0 Å². The molecule has 0 aliphatic carbocycles. The van der Waals surface area contributed by atoms with Crippen LogP contribution in [-0.4, -0.2) is 55.4 Å². The number of aromatic nitrogens is 3. The molecule has 0 fully saturated rings. The second-order valence-electron chi connectivity index (χ2n) is 3.81. The zero-order valence-corrected chi connectivity index (χ0v) is 12.1. The van der Waals surface area contributed by atoms with Crippen LogP contribution in [0.5, 0.6) is 6.01 Å². The lowest BCUT2D eigenvalue weighted by Gasteiger charge is -2.21. The molecule has 1 aromatic rings. The van der Waals surface area contributed by atoms with E-state index in [1.807, 2.05) is 11.8 Å². The molecule has 0 saturated heterocycles. The highest BCUT2D eigenvalue weighted by Crippen LogP contribution is 2.15. The maximum Gasteiger partial charge on any atom is 0.323 e. The molecule has 8 nitrogen and oxygen atoms in total. The van der Waals surface area contributed by atoms with Crippen LogP contribution < -0.4 is 15.0 Å². The fourth-order valence-electron chi connectivity index (χ4n) is 1.49. The molecule has 0 saturated carbocycles. The molecule has 0 aromatic carbocycles. The molecule has 8 heteroatoms. The van der Waals surface area contributed by atoms with E-state index < -0.39 is 0 Å². The third kappa shape index (κ3) is 4.85. The Kier molecular flexibility index (Phi) is 7.06. The van der Waals surface area contributed by atoms with Gasteiger partial charge in [0.2, 0.25) is 11.9 Å². The normalized spacial score (nSPS) is 9.90. The summed E-state index contributed by atoms with van der Waals surface area (Å²) in [7, 11) is 3.35. The summed E-state index contributed by atoms with van der Waals surface area (Å²) in [5.41, 5.74) is 0. The largest absolute Gasteiger partial charge is 0.464 e. The monoisotopic (exact) mass is 280 g/mol. The second-order valence-corrected chi connectivity index (χ2v) is 3.81. The van der Waals surface area contributed by atoms with Gasteiger partial charge in [0.1, 0.15) is 0 Å². The van der Waals surface area contributed by atoms with E-state index in [4.69, 9.17) is 14.7 Å². The standard InChI is InChI=1S/C12H20N6O2/c1-4-20-12-16-10(14-2)15-11(17-12)18(7-5-6-13)8-9-19-3/h4-5,7-9H2,1-3H3,(H,14,15,16,17). The van der Waals surface area contributed by atoms with Crippen LogP contribution in [-0.2, 0) is 4.74 Å². The highest BCUT2D eigenvalue weighted by atomic mass is 16.5. The molecule has 0 radical (unpaired) electrons. The highest BCUT2D eigenvalue weighted by molar-refractivity contribution is 5.38. The van der Waals surface area contributed by atoms with Crippen molar-refractivity contribution < 1.29 is 9.47 Å². The molecule has 1 N–H and O–H groups in total. The minimum atomic E-state index is 0.265. The quantitative estimate of drug-likeness (QED) is 0.705. The molecule has 0 aliphatic heterocycles. The smallest absolute Gasteiger partial charge is 0.323 e. The van der Waals surface area contributed by atoms with E-state index in [1.165, 1.54) is 0 Å². The molecule has 1 rings (SSSR count). The van der Waals surface area contributed by atoms with E-state index in [2.05, 4.69) is 26.3 Å². The number of hydrogen-bond acceptors (Lipinski definition) is 8. The summed E-state index contributed by atoms with van der Waals surface area (Å²) in [6.45, 7) is 3.98. The van der Waals surface area contributed by atoms with E-state index >= 15 is 0 Å². The first-order valence-corrected chi connectivity index (χ1v) is 6.42. The average Bonchev–Trinajstić information content (AvgIpc) is 2.47. The molecule has 110 valence electrons. The van der Waals surface area contributed by atoms with Crippen LogP contribution >= 0.6 is 0 Å². The van der Waals surface area contributed by atoms with E-state index in [1.54, 1.807) is 14.2 Å². The Morgan fingerprint density at radius 2 is 2.10 bits per heavy atom. The zero-order valence-electron chi connectivity index (χ0n) is 12.1. The molecule has 0 aliphatic rings. The zero-order chi connectivity index (χ0) is 14.8. The Hall–Kier alpha value is -2.14. The lowest BCUT2D eigenvalue weighted by Crippen LogP contribution is -2.30. The SMILES string of the molecule is CCOc1nc(NC)nc(N(CCC#N)CCOC)n1. The van der Waals surface area contributed by atoms with Crippen molar-refractivity contribution in [3.8, 4) is 12.1 Å². The van der Waals surface area contributed by atoms with E-state index in [0.29, 0.717) is 44.6 Å². The van der Waals surface area contributed by atoms with Gasteiger partial charge < -0.3 is 19.7 Å². The maximum absolute atomic E-state index is 8.73. The van der Waals surface area contributed by atoms with E-state index in [0.717, 1.165) is 0 Å². The van der Waals surface area contributed by atoms with Crippen LogP contribution in [0.2, 0.25) is 0 Å². The maximum atomic E-state index is 8.73. The first-order valence-electron chi connectivity index (χ1n) is 6.42. The molecule has 0 amide bonds. The predicted molar refractivity (Wildman–Crippen MR) is 74.9 cm³/mol. The number of nitriles is 1. The minimum Gasteiger partial charge on any atom is -0.464 e. The Morgan fingerprint density at radius 1 is 1.30 bits per heavy atom. The van der Waals surface area contributed by atoms with Gasteiger partial charge in [0.15, 0.2) is 0 Å². The molecule has 0 atom stereocenters. The Bertz CT molecular complexity index is 448. The summed E-state index contributed by atoms with van der Waals surface area (Å²) in [5, 5.41) is 11.6. The fraction of sp³-hybridized carbons (Fsp3) is 0.667. The number of anilines is 2. The van der Waals surface area contributed by atoms with Gasteiger partial charge in [-0.3, -0.25) is 0 Å². The number of nitrogens with zero attached hydrogens (tertiary/aromatic N) is 5. The van der Waals surface area contributed by atoms with Crippen molar-refractivity contribution in [2.75, 3.05) is 50.7 Å². The number of methoxy groups -OCH3 is 1. The molecule has 1 aromatic heterocycles. The fourth-order valence-corrected chi connectivity index (χ4v) is 1.49. The first kappa shape index (κ1) is 15.9. The Morgan fingerprint density at radius 3 is 2.70 bits per heavy atom. The molecular formula is C12H20N6O2. The number of nitrogens with one attached hydrogen (secondary N) is 1. The Balaban J connectivity index is 2.96. The molecule has 0 spiro atoms. The van der Waals surface area contributed by atoms with Gasteiger partial charge in [0, 0.05) is 27.2 Å². The lowest BCUT2D eigenvalue weighted by atomic mass is 10.4. The van der Waals surface area contributed by atoms with Crippen LogP contribution in [0, 0.1) is 11.3 Å². The predicted octanol–water partition coefficient (Wildman–Crippen LogP) is 0.678. The minimum absolute atomic E-state index is 0.265. The second kappa shape index (κ2) is 8.87. The van der Waals surface area contributed by atoms with E-state index in [9.17, 15) is 0 Å². The number of hydrogen-bond donors (Lipinski definition) is 1. The van der Waals surface area contributed by atoms with E-state index in [-0.39, 0.29) is 6.01 Å². The van der Waals surface area contributed by atoms with Crippen LogP contribution in [0.25, 0.3) is 0 Å². The highest BCUT2D eigenvalue weighted by Gasteiger charge is 2.13. The van der Waals surface area contributed by atoms with Gasteiger partial charge in [-0.2, -0.15) is 20.2 Å². The van der Waals surface area contributed by atoms with Crippen LogP contribution in [0.4, 0.5) is 11.9 Å². The first-order chi connectivity index (χ1) is 9.74. The van der Waals surface area contributed by atoms with Crippen molar-refractivity contribution in [1.82, 2.24) is 15.0 Å². The summed E-state index contributed by atoms with van der Waals surface area (Å²) in [6.07, 6.45) is 0.383. The van der Waals surface area contributed by atoms with Gasteiger partial charge in [0.05, 0.1) is 25.7 Å². The molecule has 1 heterocycles. The van der Waals surface area contributed by atoms with Crippen molar-refractivity contribution in [3.05, 3.63) is 0 Å². The van der Waals surface area contributed by atoms with Crippen molar-refractivity contribution in [3.63, 3.8) is 0 Å². The molecule has 20 heavy (non-hydrogen) atoms. The Labute approximate surface area is 118 Å². The van der Waals surface area contributed by atoms with Gasteiger partial charge in [0.25, 0.3) is 0 Å². The van der Waals surface area contributed by atoms with Gasteiger partial charge in [-0.05, 0) is 6.92 Å². The van der Waals surface area contributed by atoms with Crippen LogP contribution in [0.1, 0.15) is 13.3 Å². The third-order valence-electron chi connectivity index (χ3n) is 2.44. The van der Waals surface area contributed by atoms with Crippen LogP contribution in [0.15, 0.2) is 0 Å². The average molecular weight is 280 g/mol. The molecule has 0 unspecified atom stereocenters. The number of ether oxygens (including phenoxy) is 2. The summed E-state index contributed by atoms with van der Waals surface area (Å²) >= 11 is 0. The molecule has 0 bridgehead atoms. The number of rotatable bonds is 9. The van der Waals surface area contributed by atoms with Crippen molar-refractivity contribution in [1.29, 1.82) is 5.26 Å². The summed E-state index contributed by atoms with van der Waals surface area (Å²) in [6, 6.07) is 2.38. The summed E-state index contributed by atoms with van der Waals surface area (Å²) in [4.78, 5) is 14.5. The van der Waals surface area contributed by atoms with Crippen LogP contribution in [0.3, 0.4) is 0 Å². The van der Waals surface area contributed by atoms with Gasteiger partial charge >= 0.3 is 6.01 Å². The summed E-state index contributed by atoms with van der Waals surface area (Å²) < 4.78 is 10.4. The third-order valence-corrected chi connectivity index (χ3v) is 2.44. The van der Waals surface area contributed by atoms with Gasteiger partial charge in [-0.25, -0.2) is 0 Å².